The Kier molecular flexibility index (Phi) is 8.77. The Bertz CT molecular complexity index is 1340. The van der Waals surface area contributed by atoms with Gasteiger partial charge in [-0.2, -0.15) is 0 Å². The van der Waals surface area contributed by atoms with Crippen LogP contribution >= 0.6 is 0 Å². The quantitative estimate of drug-likeness (QED) is 0.445. The molecule has 0 aromatic heterocycles. The van der Waals surface area contributed by atoms with Crippen LogP contribution in [0.1, 0.15) is 36.5 Å². The molecule has 42 heavy (non-hydrogen) atoms. The standard InChI is InChI=1S/C33H39N5O4/c1-23(2)31-32(40)36(20-28(25-11-7-5-8-12-25)26-13-9-6-10-14-26)21-29-37(31)30(39)22-35(3)38(29)33(41)34-19-24-15-17-27(42-4)18-16-24/h5-18,23,28-29,31H,19-22H2,1-4H3,(H,34,41)/t29-,31-/m0/s1. The van der Waals surface area contributed by atoms with Gasteiger partial charge in [0.05, 0.1) is 20.2 Å². The smallest absolute Gasteiger partial charge is 0.334 e. The van der Waals surface area contributed by atoms with E-state index in [9.17, 15) is 14.4 Å². The average Bonchev–Trinajstić information content (AvgIpc) is 3.00. The number of ether oxygens (including phenoxy) is 1. The minimum atomic E-state index is -0.672. The summed E-state index contributed by atoms with van der Waals surface area (Å²) in [6, 6.07) is 26.8. The van der Waals surface area contributed by atoms with E-state index in [0.29, 0.717) is 13.1 Å². The molecule has 2 heterocycles. The predicted molar refractivity (Wildman–Crippen MR) is 160 cm³/mol. The molecule has 2 atom stereocenters. The average molecular weight is 570 g/mol. The summed E-state index contributed by atoms with van der Waals surface area (Å²) in [5.74, 6) is 0.299. The number of carbonyl (C=O) groups is 3. The number of benzene rings is 3. The third-order valence-corrected chi connectivity index (χ3v) is 8.12. The SMILES string of the molecule is COc1ccc(CNC(=O)N2[C@H]3CN(CC(c4ccccc4)c4ccccc4)C(=O)[C@H](C(C)C)N3C(=O)CN2C)cc1. The Balaban J connectivity index is 1.44. The maximum atomic E-state index is 14.1. The second-order valence-corrected chi connectivity index (χ2v) is 11.3. The minimum absolute atomic E-state index is 0.0135. The van der Waals surface area contributed by atoms with Gasteiger partial charge in [0.25, 0.3) is 0 Å². The third kappa shape index (κ3) is 5.97. The zero-order valence-electron chi connectivity index (χ0n) is 24.6. The van der Waals surface area contributed by atoms with E-state index in [-0.39, 0.29) is 42.8 Å². The Morgan fingerprint density at radius 3 is 2.07 bits per heavy atom. The first-order chi connectivity index (χ1) is 20.3. The number of fused-ring (bicyclic) bond motifs is 1. The summed E-state index contributed by atoms with van der Waals surface area (Å²) in [5, 5.41) is 6.26. The second-order valence-electron chi connectivity index (χ2n) is 11.3. The van der Waals surface area contributed by atoms with Crippen LogP contribution in [0.5, 0.6) is 5.75 Å². The molecule has 2 aliphatic heterocycles. The van der Waals surface area contributed by atoms with Crippen LogP contribution in [0.4, 0.5) is 4.79 Å². The van der Waals surface area contributed by atoms with E-state index in [1.165, 1.54) is 0 Å². The summed E-state index contributed by atoms with van der Waals surface area (Å²) in [6.45, 7) is 4.88. The van der Waals surface area contributed by atoms with Crippen LogP contribution < -0.4 is 10.1 Å². The third-order valence-electron chi connectivity index (χ3n) is 8.12. The lowest BCUT2D eigenvalue weighted by Gasteiger charge is -2.55. The number of hydrogen-bond donors (Lipinski definition) is 1. The zero-order chi connectivity index (χ0) is 29.8. The number of amides is 4. The summed E-state index contributed by atoms with van der Waals surface area (Å²) in [7, 11) is 3.35. The molecule has 0 aliphatic carbocycles. The Labute approximate surface area is 247 Å². The molecule has 0 radical (unpaired) electrons. The van der Waals surface area contributed by atoms with Gasteiger partial charge in [-0.15, -0.1) is 0 Å². The molecule has 0 spiro atoms. The number of piperazine rings is 1. The Morgan fingerprint density at radius 2 is 1.52 bits per heavy atom. The maximum Gasteiger partial charge on any atom is 0.334 e. The van der Waals surface area contributed by atoms with Gasteiger partial charge in [-0.25, -0.2) is 14.8 Å². The normalized spacial score (nSPS) is 19.3. The van der Waals surface area contributed by atoms with Gasteiger partial charge in [0, 0.05) is 26.1 Å². The van der Waals surface area contributed by atoms with Gasteiger partial charge >= 0.3 is 6.03 Å². The van der Waals surface area contributed by atoms with E-state index in [1.54, 1.807) is 29.1 Å². The van der Waals surface area contributed by atoms with Crippen molar-refractivity contribution in [2.75, 3.05) is 33.8 Å². The number of likely N-dealkylation sites (N-methyl/N-ethyl adjacent to an activating group) is 1. The molecule has 3 aromatic rings. The number of hydrazine groups is 1. The van der Waals surface area contributed by atoms with Crippen LogP contribution in [0, 0.1) is 5.92 Å². The van der Waals surface area contributed by atoms with Crippen molar-refractivity contribution in [3.8, 4) is 5.75 Å². The number of carbonyl (C=O) groups excluding carboxylic acids is 3. The minimum Gasteiger partial charge on any atom is -0.497 e. The first-order valence-electron chi connectivity index (χ1n) is 14.4. The van der Waals surface area contributed by atoms with Crippen LogP contribution in [-0.2, 0) is 16.1 Å². The number of nitrogens with one attached hydrogen (secondary N) is 1. The number of urea groups is 1. The molecule has 0 bridgehead atoms. The molecule has 2 aliphatic rings. The summed E-state index contributed by atoms with van der Waals surface area (Å²) in [5.41, 5.74) is 3.13. The number of nitrogens with zero attached hydrogens (tertiary/aromatic N) is 4. The van der Waals surface area contributed by atoms with Crippen LogP contribution in [-0.4, -0.2) is 83.7 Å². The topological polar surface area (TPSA) is 85.4 Å². The molecule has 2 fully saturated rings. The molecular weight excluding hydrogens is 530 g/mol. The highest BCUT2D eigenvalue weighted by Gasteiger charge is 2.51. The summed E-state index contributed by atoms with van der Waals surface area (Å²) >= 11 is 0. The maximum absolute atomic E-state index is 14.1. The lowest BCUT2D eigenvalue weighted by molar-refractivity contribution is -0.190. The fourth-order valence-corrected chi connectivity index (χ4v) is 6.02. The van der Waals surface area contributed by atoms with E-state index in [0.717, 1.165) is 22.4 Å². The molecule has 4 amide bonds. The second kappa shape index (κ2) is 12.7. The van der Waals surface area contributed by atoms with Crippen LogP contribution in [0.25, 0.3) is 0 Å². The summed E-state index contributed by atoms with van der Waals surface area (Å²) < 4.78 is 5.23. The van der Waals surface area contributed by atoms with E-state index in [2.05, 4.69) is 29.6 Å². The van der Waals surface area contributed by atoms with Gasteiger partial charge in [-0.05, 0) is 34.7 Å². The molecule has 1 N–H and O–H groups in total. The Morgan fingerprint density at radius 1 is 0.929 bits per heavy atom. The highest BCUT2D eigenvalue weighted by molar-refractivity contribution is 5.91. The predicted octanol–water partition coefficient (Wildman–Crippen LogP) is 3.92. The van der Waals surface area contributed by atoms with Crippen molar-refractivity contribution in [2.24, 2.45) is 5.92 Å². The van der Waals surface area contributed by atoms with E-state index in [4.69, 9.17) is 4.74 Å². The summed E-state index contributed by atoms with van der Waals surface area (Å²) in [4.78, 5) is 44.7. The molecule has 0 unspecified atom stereocenters. The first kappa shape index (κ1) is 29.1. The van der Waals surface area contributed by atoms with Gasteiger partial charge < -0.3 is 19.9 Å². The molecule has 9 nitrogen and oxygen atoms in total. The van der Waals surface area contributed by atoms with Crippen molar-refractivity contribution in [2.45, 2.75) is 38.5 Å². The number of hydrogen-bond acceptors (Lipinski definition) is 5. The lowest BCUT2D eigenvalue weighted by Crippen LogP contribution is -2.76. The van der Waals surface area contributed by atoms with Gasteiger partial charge in [0.15, 0.2) is 0 Å². The van der Waals surface area contributed by atoms with Crippen LogP contribution in [0.15, 0.2) is 84.9 Å². The fraction of sp³-hybridized carbons (Fsp3) is 0.364. The first-order valence-corrected chi connectivity index (χ1v) is 14.4. The van der Waals surface area contributed by atoms with Crippen molar-refractivity contribution in [3.63, 3.8) is 0 Å². The highest BCUT2D eigenvalue weighted by atomic mass is 16.5. The van der Waals surface area contributed by atoms with Crippen LogP contribution in [0.3, 0.4) is 0 Å². The molecule has 3 aromatic carbocycles. The fourth-order valence-electron chi connectivity index (χ4n) is 6.02. The zero-order valence-corrected chi connectivity index (χ0v) is 24.6. The number of methoxy groups -OCH3 is 1. The van der Waals surface area contributed by atoms with Crippen molar-refractivity contribution < 1.29 is 19.1 Å². The monoisotopic (exact) mass is 569 g/mol. The van der Waals surface area contributed by atoms with Crippen molar-refractivity contribution in [3.05, 3.63) is 102 Å². The highest BCUT2D eigenvalue weighted by Crippen LogP contribution is 2.32. The molecular formula is C33H39N5O4. The van der Waals surface area contributed by atoms with Crippen molar-refractivity contribution in [1.29, 1.82) is 0 Å². The Hall–Kier alpha value is -4.37. The molecule has 2 saturated heterocycles. The lowest BCUT2D eigenvalue weighted by atomic mass is 9.89. The van der Waals surface area contributed by atoms with Crippen LogP contribution in [0.2, 0.25) is 0 Å². The van der Waals surface area contributed by atoms with Gasteiger partial charge in [-0.3, -0.25) is 9.59 Å². The molecule has 0 saturated carbocycles. The largest absolute Gasteiger partial charge is 0.497 e. The van der Waals surface area contributed by atoms with E-state index >= 15 is 0 Å². The van der Waals surface area contributed by atoms with Gasteiger partial charge in [0.1, 0.15) is 18.0 Å². The van der Waals surface area contributed by atoms with Crippen molar-refractivity contribution in [1.82, 2.24) is 25.1 Å². The molecule has 9 heteroatoms. The van der Waals surface area contributed by atoms with E-state index < -0.39 is 12.2 Å². The van der Waals surface area contributed by atoms with Gasteiger partial charge in [0.2, 0.25) is 11.8 Å². The van der Waals surface area contributed by atoms with Crippen molar-refractivity contribution >= 4 is 17.8 Å². The molecule has 5 rings (SSSR count). The number of rotatable bonds is 8. The van der Waals surface area contributed by atoms with Gasteiger partial charge in [-0.1, -0.05) is 86.6 Å². The van der Waals surface area contributed by atoms with E-state index in [1.807, 2.05) is 79.4 Å². The molecule has 220 valence electrons. The summed E-state index contributed by atoms with van der Waals surface area (Å²) in [6.07, 6.45) is -0.635.